The fourth-order valence-electron chi connectivity index (χ4n) is 0.907. The average Bonchev–Trinajstić information content (AvgIpc) is 2.01. The molecule has 0 fully saturated rings. The molecule has 0 unspecified atom stereocenters. The fourth-order valence-corrected chi connectivity index (χ4v) is 1.24. The normalized spacial score (nSPS) is 9.50. The molecule has 1 aromatic rings. The summed E-state index contributed by atoms with van der Waals surface area (Å²) in [6.07, 6.45) is 0. The van der Waals surface area contributed by atoms with Crippen LogP contribution in [0, 0.1) is 17.7 Å². The van der Waals surface area contributed by atoms with Crippen LogP contribution in [0.3, 0.4) is 0 Å². The van der Waals surface area contributed by atoms with Crippen LogP contribution >= 0.6 is 11.8 Å². The number of rotatable bonds is 1. The van der Waals surface area contributed by atoms with Crippen molar-refractivity contribution in [2.45, 2.75) is 6.92 Å². The van der Waals surface area contributed by atoms with Crippen molar-refractivity contribution in [1.29, 1.82) is 10.8 Å². The number of ether oxygens (including phenoxy) is 1. The minimum Gasteiger partial charge on any atom is -0.434 e. The van der Waals surface area contributed by atoms with Gasteiger partial charge in [0.2, 0.25) is 0 Å². The van der Waals surface area contributed by atoms with Gasteiger partial charge in [0.15, 0.2) is 5.17 Å². The van der Waals surface area contributed by atoms with Crippen LogP contribution in [0.1, 0.15) is 5.56 Å². The van der Waals surface area contributed by atoms with Gasteiger partial charge in [-0.2, -0.15) is 0 Å². The van der Waals surface area contributed by atoms with Crippen LogP contribution in [-0.4, -0.2) is 10.4 Å². The number of benzene rings is 1. The Labute approximate surface area is 86.5 Å². The Morgan fingerprint density at radius 1 is 1.43 bits per heavy atom. The summed E-state index contributed by atoms with van der Waals surface area (Å²) in [7, 11) is 0. The molecule has 0 aromatic heterocycles. The molecule has 0 amide bonds. The molecule has 4 N–H and O–H groups in total. The number of aryl methyl sites for hydroxylation is 1. The maximum Gasteiger partial charge on any atom is 0.256 e. The number of hydrogen-bond acceptors (Lipinski definition) is 4. The summed E-state index contributed by atoms with van der Waals surface area (Å²) >= 11 is 0.777. The van der Waals surface area contributed by atoms with Gasteiger partial charge in [-0.3, -0.25) is 10.8 Å². The first-order valence-corrected chi connectivity index (χ1v) is 4.74. The molecule has 0 saturated heterocycles. The van der Waals surface area contributed by atoms with E-state index in [1.807, 2.05) is 25.1 Å². The quantitative estimate of drug-likeness (QED) is 0.488. The molecule has 5 heteroatoms. The molecule has 0 heterocycles. The standard InChI is InChI=1S/C9H11N3OS/c1-6-3-2-4-7(5-6)13-9(12)14-8(10)11/h2-5,12H,1H3,(H3,10,11). The maximum atomic E-state index is 7.35. The van der Waals surface area contributed by atoms with Crippen molar-refractivity contribution in [3.8, 4) is 5.75 Å². The molecule has 0 bridgehead atoms. The highest BCUT2D eigenvalue weighted by molar-refractivity contribution is 8.26. The van der Waals surface area contributed by atoms with Gasteiger partial charge in [0, 0.05) is 11.8 Å². The molecule has 0 aliphatic heterocycles. The number of amidine groups is 1. The largest absolute Gasteiger partial charge is 0.434 e. The third-order valence-corrected chi connectivity index (χ3v) is 1.89. The average molecular weight is 209 g/mol. The Bertz CT molecular complexity index is 365. The maximum absolute atomic E-state index is 7.35. The number of nitrogens with two attached hydrogens (primary N) is 1. The number of thioether (sulfide) groups is 1. The van der Waals surface area contributed by atoms with E-state index in [0.717, 1.165) is 17.3 Å². The fraction of sp³-hybridized carbons (Fsp3) is 0.111. The molecule has 74 valence electrons. The Kier molecular flexibility index (Phi) is 3.53. The lowest BCUT2D eigenvalue weighted by atomic mass is 10.2. The first-order chi connectivity index (χ1) is 6.58. The minimum atomic E-state index is -0.150. The highest BCUT2D eigenvalue weighted by Gasteiger charge is 2.03. The van der Waals surface area contributed by atoms with Crippen molar-refractivity contribution in [1.82, 2.24) is 0 Å². The van der Waals surface area contributed by atoms with Crippen molar-refractivity contribution in [2.75, 3.05) is 0 Å². The predicted octanol–water partition coefficient (Wildman–Crippen LogP) is 1.94. The molecule has 1 aromatic carbocycles. The van der Waals surface area contributed by atoms with Crippen LogP contribution in [-0.2, 0) is 0 Å². The molecule has 1 rings (SSSR count). The van der Waals surface area contributed by atoms with Gasteiger partial charge in [-0.25, -0.2) is 0 Å². The van der Waals surface area contributed by atoms with Gasteiger partial charge >= 0.3 is 0 Å². The lowest BCUT2D eigenvalue weighted by Gasteiger charge is -2.05. The topological polar surface area (TPSA) is 83.0 Å². The second-order valence-electron chi connectivity index (χ2n) is 2.67. The summed E-state index contributed by atoms with van der Waals surface area (Å²) in [6.45, 7) is 1.94. The third kappa shape index (κ3) is 3.49. The van der Waals surface area contributed by atoms with E-state index >= 15 is 0 Å². The van der Waals surface area contributed by atoms with Crippen molar-refractivity contribution in [2.24, 2.45) is 5.73 Å². The summed E-state index contributed by atoms with van der Waals surface area (Å²) in [6, 6.07) is 7.35. The minimum absolute atomic E-state index is 0.0944. The van der Waals surface area contributed by atoms with Gasteiger partial charge in [-0.05, 0) is 24.6 Å². The lowest BCUT2D eigenvalue weighted by Crippen LogP contribution is -2.11. The molecule has 0 atom stereocenters. The number of hydrogen-bond donors (Lipinski definition) is 3. The SMILES string of the molecule is Cc1cccc(OC(=N)SC(=N)N)c1. The van der Waals surface area contributed by atoms with Crippen LogP contribution in [0.2, 0.25) is 0 Å². The van der Waals surface area contributed by atoms with Gasteiger partial charge in [0.05, 0.1) is 0 Å². The molecule has 0 aliphatic rings. The molecule has 0 aliphatic carbocycles. The van der Waals surface area contributed by atoms with Gasteiger partial charge in [-0.15, -0.1) is 0 Å². The summed E-state index contributed by atoms with van der Waals surface area (Å²) in [4.78, 5) is 0. The second kappa shape index (κ2) is 4.66. The smallest absolute Gasteiger partial charge is 0.256 e. The Morgan fingerprint density at radius 3 is 2.71 bits per heavy atom. The summed E-state index contributed by atoms with van der Waals surface area (Å²) in [5.41, 5.74) is 6.16. The summed E-state index contributed by atoms with van der Waals surface area (Å²) in [5.74, 6) is 0.587. The van der Waals surface area contributed by atoms with E-state index in [2.05, 4.69) is 0 Å². The van der Waals surface area contributed by atoms with E-state index in [-0.39, 0.29) is 10.4 Å². The third-order valence-electron chi connectivity index (χ3n) is 1.40. The molecule has 0 saturated carbocycles. The van der Waals surface area contributed by atoms with Crippen LogP contribution in [0.5, 0.6) is 5.75 Å². The molecule has 14 heavy (non-hydrogen) atoms. The number of nitrogens with one attached hydrogen (secondary N) is 2. The Hall–Kier alpha value is -1.49. The van der Waals surface area contributed by atoms with Crippen LogP contribution in [0.15, 0.2) is 24.3 Å². The van der Waals surface area contributed by atoms with E-state index in [9.17, 15) is 0 Å². The van der Waals surface area contributed by atoms with Crippen LogP contribution in [0.25, 0.3) is 0 Å². The Balaban J connectivity index is 2.60. The van der Waals surface area contributed by atoms with E-state index in [1.165, 1.54) is 0 Å². The predicted molar refractivity (Wildman–Crippen MR) is 59.0 cm³/mol. The van der Waals surface area contributed by atoms with Crippen molar-refractivity contribution in [3.63, 3.8) is 0 Å². The zero-order valence-electron chi connectivity index (χ0n) is 7.70. The molecule has 0 spiro atoms. The van der Waals surface area contributed by atoms with E-state index < -0.39 is 0 Å². The van der Waals surface area contributed by atoms with E-state index in [4.69, 9.17) is 21.3 Å². The van der Waals surface area contributed by atoms with Crippen LogP contribution < -0.4 is 10.5 Å². The van der Waals surface area contributed by atoms with Gasteiger partial charge in [0.25, 0.3) is 5.23 Å². The van der Waals surface area contributed by atoms with Crippen molar-refractivity contribution >= 4 is 22.2 Å². The van der Waals surface area contributed by atoms with E-state index in [1.54, 1.807) is 6.07 Å². The first kappa shape index (κ1) is 10.6. The second-order valence-corrected chi connectivity index (χ2v) is 3.69. The summed E-state index contributed by atoms with van der Waals surface area (Å²) in [5, 5.41) is 14.1. The van der Waals surface area contributed by atoms with Crippen molar-refractivity contribution in [3.05, 3.63) is 29.8 Å². The van der Waals surface area contributed by atoms with Gasteiger partial charge < -0.3 is 10.5 Å². The zero-order chi connectivity index (χ0) is 10.6. The molecule has 0 radical (unpaired) electrons. The first-order valence-electron chi connectivity index (χ1n) is 3.93. The Morgan fingerprint density at radius 2 is 2.14 bits per heavy atom. The monoisotopic (exact) mass is 209 g/mol. The van der Waals surface area contributed by atoms with Crippen molar-refractivity contribution < 1.29 is 4.74 Å². The highest BCUT2D eigenvalue weighted by Crippen LogP contribution is 2.15. The van der Waals surface area contributed by atoms with E-state index in [0.29, 0.717) is 5.75 Å². The lowest BCUT2D eigenvalue weighted by molar-refractivity contribution is 0.562. The molecule has 4 nitrogen and oxygen atoms in total. The van der Waals surface area contributed by atoms with Gasteiger partial charge in [0.1, 0.15) is 5.75 Å². The highest BCUT2D eigenvalue weighted by atomic mass is 32.2. The van der Waals surface area contributed by atoms with Crippen LogP contribution in [0.4, 0.5) is 0 Å². The van der Waals surface area contributed by atoms with Gasteiger partial charge in [-0.1, -0.05) is 12.1 Å². The zero-order valence-corrected chi connectivity index (χ0v) is 8.52. The summed E-state index contributed by atoms with van der Waals surface area (Å²) < 4.78 is 5.13. The molecular formula is C9H11N3OS. The molecular weight excluding hydrogens is 198 g/mol.